The molecule has 3 saturated heterocycles. The molecule has 4 amide bonds. The van der Waals surface area contributed by atoms with Gasteiger partial charge in [-0.05, 0) is 41.0 Å². The number of likely N-dealkylation sites (N-methyl/N-ethyl adjacent to an activating group) is 1. The fourth-order valence-corrected chi connectivity index (χ4v) is 6.43. The van der Waals surface area contributed by atoms with Crippen LogP contribution in [0.15, 0.2) is 78.9 Å². The van der Waals surface area contributed by atoms with E-state index in [0.717, 1.165) is 55.3 Å². The summed E-state index contributed by atoms with van der Waals surface area (Å²) in [5.41, 5.74) is 2.63. The van der Waals surface area contributed by atoms with E-state index in [-0.39, 0.29) is 57.1 Å². The quantitative estimate of drug-likeness (QED) is 0.342. The molecule has 12 heteroatoms. The number of hydrazine groups is 1. The Morgan fingerprint density at radius 2 is 1.69 bits per heavy atom. The van der Waals surface area contributed by atoms with E-state index in [1.807, 2.05) is 54.6 Å². The molecule has 2 atom stereocenters. The number of phenols is 1. The highest BCUT2D eigenvalue weighted by molar-refractivity contribution is 5.91. The Labute approximate surface area is 282 Å². The van der Waals surface area contributed by atoms with E-state index in [9.17, 15) is 19.5 Å². The van der Waals surface area contributed by atoms with E-state index in [2.05, 4.69) is 10.2 Å². The minimum absolute atomic E-state index is 0. The Morgan fingerprint density at radius 1 is 0.958 bits per heavy atom. The highest BCUT2D eigenvalue weighted by atomic mass is 16.5. The van der Waals surface area contributed by atoms with Gasteiger partial charge in [0.05, 0.1) is 26.3 Å². The minimum atomic E-state index is -0.836. The summed E-state index contributed by atoms with van der Waals surface area (Å²) in [7, 11) is 1.71. The minimum Gasteiger partial charge on any atom is -0.508 e. The van der Waals surface area contributed by atoms with Crippen molar-refractivity contribution in [2.24, 2.45) is 0 Å². The van der Waals surface area contributed by atoms with Crippen LogP contribution < -0.4 is 10.1 Å². The van der Waals surface area contributed by atoms with Crippen molar-refractivity contribution in [3.05, 3.63) is 95.6 Å². The van der Waals surface area contributed by atoms with Crippen LogP contribution in [0.3, 0.4) is 0 Å². The molecule has 0 saturated carbocycles. The predicted octanol–water partition coefficient (Wildman–Crippen LogP) is 2.92. The molecular weight excluding hydrogens is 612 g/mol. The first kappa shape index (κ1) is 34.7. The number of hydrogen-bond donors (Lipinski definition) is 2. The summed E-state index contributed by atoms with van der Waals surface area (Å²) in [4.78, 5) is 47.1. The number of nitrogens with zero attached hydrogens (tertiary/aromatic N) is 5. The van der Waals surface area contributed by atoms with Gasteiger partial charge in [0.1, 0.15) is 30.3 Å². The zero-order valence-corrected chi connectivity index (χ0v) is 26.7. The van der Waals surface area contributed by atoms with Gasteiger partial charge in [0, 0.05) is 46.2 Å². The molecule has 0 spiro atoms. The van der Waals surface area contributed by atoms with Crippen LogP contribution in [0.4, 0.5) is 4.79 Å². The number of piperazine rings is 1. The maximum Gasteiger partial charge on any atom is 0.334 e. The number of rotatable bonds is 10. The van der Waals surface area contributed by atoms with Crippen molar-refractivity contribution in [3.63, 3.8) is 0 Å². The molecule has 12 nitrogen and oxygen atoms in total. The molecule has 0 unspecified atom stereocenters. The SMILES string of the molecule is C.CN1CC(=O)N2[C@@H](Cc3ccc(O)cc3)C(=O)N(Cc3cccc(OCCN4CCOCC4)c3)C[C@@H]2N1C(=O)NCc1ccccc1. The number of urea groups is 1. The molecule has 0 radical (unpaired) electrons. The summed E-state index contributed by atoms with van der Waals surface area (Å²) in [5, 5.41) is 16.0. The van der Waals surface area contributed by atoms with Crippen LogP contribution in [0.25, 0.3) is 0 Å². The number of amides is 4. The molecular formula is C36H46N6O6. The lowest BCUT2D eigenvalue weighted by Gasteiger charge is -2.54. The molecule has 2 N–H and O–H groups in total. The third-order valence-corrected chi connectivity index (χ3v) is 8.85. The Balaban J connectivity index is 0.00000451. The molecule has 3 aliphatic heterocycles. The van der Waals surface area contributed by atoms with Crippen molar-refractivity contribution >= 4 is 17.8 Å². The Kier molecular flexibility index (Phi) is 11.5. The Morgan fingerprint density at radius 3 is 2.44 bits per heavy atom. The molecule has 256 valence electrons. The molecule has 48 heavy (non-hydrogen) atoms. The highest BCUT2D eigenvalue weighted by Crippen LogP contribution is 2.29. The first-order chi connectivity index (χ1) is 22.9. The van der Waals surface area contributed by atoms with E-state index in [0.29, 0.717) is 13.2 Å². The summed E-state index contributed by atoms with van der Waals surface area (Å²) < 4.78 is 11.5. The molecule has 3 aromatic carbocycles. The number of ether oxygens (including phenoxy) is 2. The van der Waals surface area contributed by atoms with Gasteiger partial charge < -0.3 is 29.7 Å². The number of benzene rings is 3. The molecule has 0 bridgehead atoms. The summed E-state index contributed by atoms with van der Waals surface area (Å²) in [6.45, 7) is 5.30. The van der Waals surface area contributed by atoms with Gasteiger partial charge in [-0.1, -0.05) is 62.0 Å². The van der Waals surface area contributed by atoms with Crippen molar-refractivity contribution in [3.8, 4) is 11.5 Å². The number of phenolic OH excluding ortho intramolecular Hbond substituents is 1. The van der Waals surface area contributed by atoms with E-state index < -0.39 is 12.2 Å². The lowest BCUT2D eigenvalue weighted by molar-refractivity contribution is -0.187. The average Bonchev–Trinajstić information content (AvgIpc) is 3.07. The normalized spacial score (nSPS) is 20.2. The summed E-state index contributed by atoms with van der Waals surface area (Å²) >= 11 is 0. The number of nitrogens with one attached hydrogen (secondary N) is 1. The average molecular weight is 659 g/mol. The second-order valence-electron chi connectivity index (χ2n) is 12.1. The number of fused-ring (bicyclic) bond motifs is 1. The van der Waals surface area contributed by atoms with E-state index in [1.54, 1.807) is 51.1 Å². The van der Waals surface area contributed by atoms with Crippen molar-refractivity contribution in [2.75, 3.05) is 59.6 Å². The van der Waals surface area contributed by atoms with Crippen LogP contribution in [0, 0.1) is 0 Å². The van der Waals surface area contributed by atoms with Crippen LogP contribution in [-0.4, -0.2) is 119 Å². The van der Waals surface area contributed by atoms with Gasteiger partial charge in [0.15, 0.2) is 0 Å². The topological polar surface area (TPSA) is 118 Å². The van der Waals surface area contributed by atoms with Crippen LogP contribution >= 0.6 is 0 Å². The Bertz CT molecular complexity index is 1530. The largest absolute Gasteiger partial charge is 0.508 e. The van der Waals surface area contributed by atoms with Crippen molar-refractivity contribution in [2.45, 2.75) is 39.1 Å². The molecule has 3 fully saturated rings. The summed E-state index contributed by atoms with van der Waals surface area (Å²) in [5.74, 6) is 0.414. The van der Waals surface area contributed by atoms with Gasteiger partial charge in [-0.2, -0.15) is 0 Å². The van der Waals surface area contributed by atoms with Crippen LogP contribution in [0.1, 0.15) is 24.1 Å². The number of morpholine rings is 1. The van der Waals surface area contributed by atoms with Gasteiger partial charge in [0.25, 0.3) is 0 Å². The first-order valence-corrected chi connectivity index (χ1v) is 16.1. The second kappa shape index (κ2) is 16.0. The van der Waals surface area contributed by atoms with Crippen LogP contribution in [-0.2, 0) is 33.8 Å². The predicted molar refractivity (Wildman–Crippen MR) is 181 cm³/mol. The molecule has 3 heterocycles. The second-order valence-corrected chi connectivity index (χ2v) is 12.1. The maximum absolute atomic E-state index is 14.2. The summed E-state index contributed by atoms with van der Waals surface area (Å²) in [6, 6.07) is 22.8. The van der Waals surface area contributed by atoms with Crippen LogP contribution in [0.2, 0.25) is 0 Å². The van der Waals surface area contributed by atoms with E-state index in [4.69, 9.17) is 9.47 Å². The van der Waals surface area contributed by atoms with Gasteiger partial charge in [0.2, 0.25) is 11.8 Å². The third-order valence-electron chi connectivity index (χ3n) is 8.85. The molecule has 3 aliphatic rings. The zero-order chi connectivity index (χ0) is 32.8. The van der Waals surface area contributed by atoms with E-state index in [1.165, 1.54) is 0 Å². The molecule has 3 aromatic rings. The van der Waals surface area contributed by atoms with Crippen LogP contribution in [0.5, 0.6) is 11.5 Å². The lowest BCUT2D eigenvalue weighted by atomic mass is 9.98. The standard InChI is InChI=1S/C35H42N6O6.CH4/c1-37-25-33(43)40-31(21-26-10-12-29(42)13-11-26)34(44)39(24-32(40)41(37)35(45)36-22-27-6-3-2-4-7-27)23-28-8-5-9-30(20-28)47-19-16-38-14-17-46-18-15-38;/h2-13,20,31-32,42H,14-19,21-25H2,1H3,(H,36,45);1H4/t31-,32-;/m0./s1. The summed E-state index contributed by atoms with van der Waals surface area (Å²) in [6.07, 6.45) is -0.476. The highest BCUT2D eigenvalue weighted by Gasteiger charge is 2.50. The van der Waals surface area contributed by atoms with Crippen molar-refractivity contribution < 1.29 is 29.0 Å². The zero-order valence-electron chi connectivity index (χ0n) is 26.7. The molecule has 6 rings (SSSR count). The third kappa shape index (κ3) is 8.25. The maximum atomic E-state index is 14.2. The van der Waals surface area contributed by atoms with Gasteiger partial charge in [-0.15, -0.1) is 0 Å². The van der Waals surface area contributed by atoms with Crippen molar-refractivity contribution in [1.82, 2.24) is 30.0 Å². The number of carbonyl (C=O) groups is 3. The fraction of sp³-hybridized carbons (Fsp3) is 0.417. The monoisotopic (exact) mass is 658 g/mol. The molecule has 0 aromatic heterocycles. The van der Waals surface area contributed by atoms with E-state index >= 15 is 0 Å². The van der Waals surface area contributed by atoms with Gasteiger partial charge in [-0.25, -0.2) is 14.8 Å². The Hall–Kier alpha value is -4.65. The smallest absolute Gasteiger partial charge is 0.334 e. The molecule has 0 aliphatic carbocycles. The van der Waals surface area contributed by atoms with Crippen molar-refractivity contribution in [1.29, 1.82) is 0 Å². The number of carbonyl (C=O) groups excluding carboxylic acids is 3. The lowest BCUT2D eigenvalue weighted by Crippen LogP contribution is -2.76. The number of aromatic hydroxyl groups is 1. The number of hydrogen-bond acceptors (Lipinski definition) is 8. The fourth-order valence-electron chi connectivity index (χ4n) is 6.43. The first-order valence-electron chi connectivity index (χ1n) is 16.1. The van der Waals surface area contributed by atoms with Gasteiger partial charge in [-0.3, -0.25) is 14.5 Å². The van der Waals surface area contributed by atoms with Gasteiger partial charge >= 0.3 is 6.03 Å².